The summed E-state index contributed by atoms with van der Waals surface area (Å²) >= 11 is 6.06. The third-order valence-electron chi connectivity index (χ3n) is 4.67. The highest BCUT2D eigenvalue weighted by Crippen LogP contribution is 2.37. The Kier molecular flexibility index (Phi) is 4.77. The zero-order chi connectivity index (χ0) is 19.8. The molecule has 0 saturated carbocycles. The topological polar surface area (TPSA) is 52.5 Å². The van der Waals surface area contributed by atoms with E-state index < -0.39 is 0 Å². The SMILES string of the molecule is Cc1c(C(=O)NC(C)C)cc(-c2ccc(Cl)cc2)n1-c1ccc2c(c1)OCO2. The van der Waals surface area contributed by atoms with Gasteiger partial charge in [0.25, 0.3) is 5.91 Å². The zero-order valence-electron chi connectivity index (χ0n) is 16.0. The summed E-state index contributed by atoms with van der Waals surface area (Å²) in [6.07, 6.45) is 0. The van der Waals surface area contributed by atoms with Crippen LogP contribution in [0.25, 0.3) is 16.9 Å². The minimum atomic E-state index is -0.0952. The number of carbonyl (C=O) groups is 1. The molecule has 2 aromatic carbocycles. The molecule has 0 atom stereocenters. The number of aromatic nitrogens is 1. The van der Waals surface area contributed by atoms with Crippen LogP contribution in [-0.4, -0.2) is 23.3 Å². The molecule has 3 aromatic rings. The van der Waals surface area contributed by atoms with E-state index in [9.17, 15) is 4.79 Å². The van der Waals surface area contributed by atoms with Crippen LogP contribution >= 0.6 is 11.6 Å². The lowest BCUT2D eigenvalue weighted by Crippen LogP contribution is -2.30. The maximum absolute atomic E-state index is 12.8. The molecule has 1 aliphatic heterocycles. The Labute approximate surface area is 168 Å². The second-order valence-electron chi connectivity index (χ2n) is 7.04. The number of hydrogen-bond acceptors (Lipinski definition) is 3. The maximum Gasteiger partial charge on any atom is 0.253 e. The van der Waals surface area contributed by atoms with Gasteiger partial charge in [-0.2, -0.15) is 0 Å². The smallest absolute Gasteiger partial charge is 0.253 e. The monoisotopic (exact) mass is 396 g/mol. The number of benzene rings is 2. The van der Waals surface area contributed by atoms with Crippen molar-refractivity contribution >= 4 is 17.5 Å². The van der Waals surface area contributed by atoms with Gasteiger partial charge < -0.3 is 19.4 Å². The molecule has 144 valence electrons. The molecule has 6 heteroatoms. The molecule has 0 spiro atoms. The highest BCUT2D eigenvalue weighted by molar-refractivity contribution is 6.30. The summed E-state index contributed by atoms with van der Waals surface area (Å²) in [5, 5.41) is 3.64. The lowest BCUT2D eigenvalue weighted by molar-refractivity contribution is 0.0942. The fourth-order valence-electron chi connectivity index (χ4n) is 3.37. The highest BCUT2D eigenvalue weighted by Gasteiger charge is 2.22. The standard InChI is InChI=1S/C22H21ClN2O3/c1-13(2)24-22(26)18-11-19(15-4-6-16(23)7-5-15)25(14(18)3)17-8-9-20-21(10-17)28-12-27-20/h4-11,13H,12H2,1-3H3,(H,24,26). The van der Waals surface area contributed by atoms with Gasteiger partial charge >= 0.3 is 0 Å². The van der Waals surface area contributed by atoms with Crippen LogP contribution < -0.4 is 14.8 Å². The number of carbonyl (C=O) groups excluding carboxylic acids is 1. The number of fused-ring (bicyclic) bond motifs is 1. The maximum atomic E-state index is 12.8. The van der Waals surface area contributed by atoms with Crippen LogP contribution in [0.5, 0.6) is 11.5 Å². The fourth-order valence-corrected chi connectivity index (χ4v) is 3.49. The number of nitrogens with zero attached hydrogens (tertiary/aromatic N) is 1. The van der Waals surface area contributed by atoms with Gasteiger partial charge in [-0.1, -0.05) is 23.7 Å². The Morgan fingerprint density at radius 2 is 1.79 bits per heavy atom. The van der Waals surface area contributed by atoms with Crippen LogP contribution in [0.4, 0.5) is 0 Å². The van der Waals surface area contributed by atoms with Gasteiger partial charge in [0.15, 0.2) is 11.5 Å². The molecule has 5 nitrogen and oxygen atoms in total. The summed E-state index contributed by atoms with van der Waals surface area (Å²) in [4.78, 5) is 12.8. The van der Waals surface area contributed by atoms with Gasteiger partial charge in [-0.3, -0.25) is 4.79 Å². The molecule has 1 amide bonds. The van der Waals surface area contributed by atoms with Crippen molar-refractivity contribution in [3.8, 4) is 28.4 Å². The number of nitrogens with one attached hydrogen (secondary N) is 1. The highest BCUT2D eigenvalue weighted by atomic mass is 35.5. The first-order valence-electron chi connectivity index (χ1n) is 9.13. The van der Waals surface area contributed by atoms with E-state index >= 15 is 0 Å². The van der Waals surface area contributed by atoms with Crippen LogP contribution in [0.3, 0.4) is 0 Å². The fraction of sp³-hybridized carbons (Fsp3) is 0.227. The predicted octanol–water partition coefficient (Wildman–Crippen LogP) is 4.97. The molecule has 0 radical (unpaired) electrons. The van der Waals surface area contributed by atoms with Crippen LogP contribution in [0, 0.1) is 6.92 Å². The predicted molar refractivity (Wildman–Crippen MR) is 110 cm³/mol. The largest absolute Gasteiger partial charge is 0.454 e. The number of rotatable bonds is 4. The molecule has 0 aliphatic carbocycles. The molecule has 28 heavy (non-hydrogen) atoms. The van der Waals surface area contributed by atoms with E-state index in [0.717, 1.165) is 28.4 Å². The van der Waals surface area contributed by atoms with Crippen molar-refractivity contribution in [3.05, 3.63) is 64.8 Å². The minimum absolute atomic E-state index is 0.0553. The Hall–Kier alpha value is -2.92. The Morgan fingerprint density at radius 1 is 1.07 bits per heavy atom. The lowest BCUT2D eigenvalue weighted by Gasteiger charge is -2.13. The van der Waals surface area contributed by atoms with Crippen LogP contribution in [0.2, 0.25) is 5.02 Å². The van der Waals surface area contributed by atoms with E-state index in [1.807, 2.05) is 69.3 Å². The van der Waals surface area contributed by atoms with Gasteiger partial charge in [-0.15, -0.1) is 0 Å². The summed E-state index contributed by atoms with van der Waals surface area (Å²) in [6.45, 7) is 6.05. The first kappa shape index (κ1) is 18.4. The van der Waals surface area contributed by atoms with Crippen LogP contribution in [0.1, 0.15) is 29.9 Å². The minimum Gasteiger partial charge on any atom is -0.454 e. The van der Waals surface area contributed by atoms with Crippen molar-refractivity contribution in [2.24, 2.45) is 0 Å². The van der Waals surface area contributed by atoms with Gasteiger partial charge in [-0.25, -0.2) is 0 Å². The molecule has 4 rings (SSSR count). The molecule has 0 fully saturated rings. The Bertz CT molecular complexity index is 1040. The average Bonchev–Trinajstić information content (AvgIpc) is 3.25. The van der Waals surface area contributed by atoms with E-state index in [-0.39, 0.29) is 18.7 Å². The van der Waals surface area contributed by atoms with Gasteiger partial charge in [0.2, 0.25) is 6.79 Å². The van der Waals surface area contributed by atoms with Crippen molar-refractivity contribution in [2.75, 3.05) is 6.79 Å². The lowest BCUT2D eigenvalue weighted by atomic mass is 10.1. The summed E-state index contributed by atoms with van der Waals surface area (Å²) in [5.41, 5.74) is 4.25. The second kappa shape index (κ2) is 7.24. The first-order valence-corrected chi connectivity index (χ1v) is 9.51. The van der Waals surface area contributed by atoms with E-state index in [1.165, 1.54) is 0 Å². The van der Waals surface area contributed by atoms with E-state index in [1.54, 1.807) is 0 Å². The Morgan fingerprint density at radius 3 is 2.50 bits per heavy atom. The van der Waals surface area contributed by atoms with E-state index in [0.29, 0.717) is 16.3 Å². The number of ether oxygens (including phenoxy) is 2. The van der Waals surface area contributed by atoms with Gasteiger partial charge in [0.05, 0.1) is 11.3 Å². The van der Waals surface area contributed by atoms with Crippen LogP contribution in [-0.2, 0) is 0 Å². The summed E-state index contributed by atoms with van der Waals surface area (Å²) in [7, 11) is 0. The zero-order valence-corrected chi connectivity index (χ0v) is 16.7. The molecule has 0 unspecified atom stereocenters. The van der Waals surface area contributed by atoms with Gasteiger partial charge in [0.1, 0.15) is 0 Å². The van der Waals surface area contributed by atoms with Crippen molar-refractivity contribution < 1.29 is 14.3 Å². The molecular weight excluding hydrogens is 376 g/mol. The van der Waals surface area contributed by atoms with Crippen molar-refractivity contribution in [1.82, 2.24) is 9.88 Å². The molecular formula is C22H21ClN2O3. The quantitative estimate of drug-likeness (QED) is 0.677. The van der Waals surface area contributed by atoms with Crippen LogP contribution in [0.15, 0.2) is 48.5 Å². The summed E-state index contributed by atoms with van der Waals surface area (Å²) in [5.74, 6) is 1.32. The summed E-state index contributed by atoms with van der Waals surface area (Å²) < 4.78 is 13.0. The second-order valence-corrected chi connectivity index (χ2v) is 7.47. The van der Waals surface area contributed by atoms with Gasteiger partial charge in [-0.05, 0) is 56.7 Å². The molecule has 1 N–H and O–H groups in total. The summed E-state index contributed by atoms with van der Waals surface area (Å²) in [6, 6.07) is 15.3. The average molecular weight is 397 g/mol. The third-order valence-corrected chi connectivity index (χ3v) is 4.92. The van der Waals surface area contributed by atoms with Crippen molar-refractivity contribution in [3.63, 3.8) is 0 Å². The molecule has 1 aromatic heterocycles. The van der Waals surface area contributed by atoms with Crippen molar-refractivity contribution in [1.29, 1.82) is 0 Å². The number of amides is 1. The molecule has 1 aliphatic rings. The molecule has 0 bridgehead atoms. The van der Waals surface area contributed by atoms with Gasteiger partial charge in [0, 0.05) is 28.5 Å². The number of hydrogen-bond donors (Lipinski definition) is 1. The van der Waals surface area contributed by atoms with Crippen molar-refractivity contribution in [2.45, 2.75) is 26.8 Å². The molecule has 0 saturated heterocycles. The van der Waals surface area contributed by atoms with E-state index in [2.05, 4.69) is 9.88 Å². The first-order chi connectivity index (χ1) is 13.4. The normalized spacial score (nSPS) is 12.5. The molecule has 2 heterocycles. The number of halogens is 1. The Balaban J connectivity index is 1.88. The third kappa shape index (κ3) is 3.34. The van der Waals surface area contributed by atoms with E-state index in [4.69, 9.17) is 21.1 Å².